The van der Waals surface area contributed by atoms with E-state index in [4.69, 9.17) is 0 Å². The molecule has 0 radical (unpaired) electrons. The molecule has 0 fully saturated rings. The van der Waals surface area contributed by atoms with E-state index in [1.54, 1.807) is 0 Å². The van der Waals surface area contributed by atoms with E-state index < -0.39 is 0 Å². The van der Waals surface area contributed by atoms with Crippen LogP contribution in [0.15, 0.2) is 36.0 Å². The molecule has 1 N–H and O–H groups in total. The first kappa shape index (κ1) is 12.2. The Balaban J connectivity index is 3.94. The van der Waals surface area contributed by atoms with Gasteiger partial charge in [-0.15, -0.1) is 0 Å². The summed E-state index contributed by atoms with van der Waals surface area (Å²) in [6.07, 6.45) is 12.9. The third kappa shape index (κ3) is 7.54. The molecule has 1 nitrogen and oxygen atoms in total. The topological polar surface area (TPSA) is 12.0 Å². The van der Waals surface area contributed by atoms with Gasteiger partial charge in [-0.2, -0.15) is 0 Å². The zero-order chi connectivity index (χ0) is 9.94. The van der Waals surface area contributed by atoms with Crippen LogP contribution in [0.3, 0.4) is 0 Å². The van der Waals surface area contributed by atoms with Crippen molar-refractivity contribution in [2.45, 2.75) is 26.7 Å². The molecule has 0 amide bonds. The summed E-state index contributed by atoms with van der Waals surface area (Å²) in [4.78, 5) is 0. The van der Waals surface area contributed by atoms with Gasteiger partial charge in [-0.25, -0.2) is 0 Å². The molecule has 13 heavy (non-hydrogen) atoms. The second-order valence-corrected chi connectivity index (χ2v) is 2.97. The number of rotatable bonds is 6. The first-order valence-corrected chi connectivity index (χ1v) is 4.94. The SMILES string of the molecule is C\C=C/C=C(\C=C/C)CCCNC. The van der Waals surface area contributed by atoms with Crippen LogP contribution in [-0.4, -0.2) is 13.6 Å². The average Bonchev–Trinajstić information content (AvgIpc) is 2.14. The molecule has 0 saturated carbocycles. The predicted molar refractivity (Wildman–Crippen MR) is 60.9 cm³/mol. The zero-order valence-corrected chi connectivity index (χ0v) is 9.01. The Bertz CT molecular complexity index is 187. The molecule has 0 rings (SSSR count). The van der Waals surface area contributed by atoms with Crippen LogP contribution in [0.2, 0.25) is 0 Å². The number of hydrogen-bond donors (Lipinski definition) is 1. The highest BCUT2D eigenvalue weighted by atomic mass is 14.8. The van der Waals surface area contributed by atoms with Crippen LogP contribution in [0.1, 0.15) is 26.7 Å². The minimum absolute atomic E-state index is 1.09. The summed E-state index contributed by atoms with van der Waals surface area (Å²) in [7, 11) is 1.99. The largest absolute Gasteiger partial charge is 0.320 e. The van der Waals surface area contributed by atoms with Gasteiger partial charge in [0.2, 0.25) is 0 Å². The van der Waals surface area contributed by atoms with Crippen molar-refractivity contribution in [2.24, 2.45) is 0 Å². The molecule has 0 aliphatic heterocycles. The maximum atomic E-state index is 3.15. The van der Waals surface area contributed by atoms with Gasteiger partial charge in [0, 0.05) is 0 Å². The normalized spacial score (nSPS) is 13.3. The van der Waals surface area contributed by atoms with Gasteiger partial charge in [0.1, 0.15) is 0 Å². The molecule has 0 spiro atoms. The van der Waals surface area contributed by atoms with Crippen molar-refractivity contribution in [1.82, 2.24) is 5.32 Å². The first-order valence-electron chi connectivity index (χ1n) is 4.94. The predicted octanol–water partition coefficient (Wildman–Crippen LogP) is 3.06. The Morgan fingerprint density at radius 1 is 1.23 bits per heavy atom. The van der Waals surface area contributed by atoms with Crippen molar-refractivity contribution >= 4 is 0 Å². The lowest BCUT2D eigenvalue weighted by atomic mass is 10.1. The van der Waals surface area contributed by atoms with Crippen molar-refractivity contribution < 1.29 is 0 Å². The van der Waals surface area contributed by atoms with E-state index in [2.05, 4.69) is 42.6 Å². The maximum Gasteiger partial charge on any atom is -0.00488 e. The molecular weight excluding hydrogens is 158 g/mol. The second kappa shape index (κ2) is 9.27. The monoisotopic (exact) mass is 179 g/mol. The molecule has 0 aromatic rings. The lowest BCUT2D eigenvalue weighted by Gasteiger charge is -2.00. The van der Waals surface area contributed by atoms with Crippen LogP contribution >= 0.6 is 0 Å². The Labute approximate surface area is 82.2 Å². The Hall–Kier alpha value is -0.820. The number of allylic oxidation sites excluding steroid dienone is 6. The van der Waals surface area contributed by atoms with Gasteiger partial charge in [-0.05, 0) is 45.9 Å². The van der Waals surface area contributed by atoms with Crippen molar-refractivity contribution in [3.8, 4) is 0 Å². The van der Waals surface area contributed by atoms with E-state index in [0.29, 0.717) is 0 Å². The molecule has 0 bridgehead atoms. The van der Waals surface area contributed by atoms with Gasteiger partial charge in [-0.1, -0.05) is 30.4 Å². The maximum absolute atomic E-state index is 3.15. The average molecular weight is 179 g/mol. The summed E-state index contributed by atoms with van der Waals surface area (Å²) in [5, 5.41) is 3.15. The summed E-state index contributed by atoms with van der Waals surface area (Å²) >= 11 is 0. The van der Waals surface area contributed by atoms with Crippen molar-refractivity contribution in [2.75, 3.05) is 13.6 Å². The van der Waals surface area contributed by atoms with Gasteiger partial charge in [-0.3, -0.25) is 0 Å². The van der Waals surface area contributed by atoms with E-state index >= 15 is 0 Å². The minimum Gasteiger partial charge on any atom is -0.320 e. The molecule has 0 atom stereocenters. The number of nitrogens with one attached hydrogen (secondary N) is 1. The van der Waals surface area contributed by atoms with E-state index in [9.17, 15) is 0 Å². The van der Waals surface area contributed by atoms with Crippen molar-refractivity contribution in [3.63, 3.8) is 0 Å². The van der Waals surface area contributed by atoms with Crippen LogP contribution in [0.25, 0.3) is 0 Å². The molecule has 0 unspecified atom stereocenters. The zero-order valence-electron chi connectivity index (χ0n) is 9.01. The Kier molecular flexibility index (Phi) is 8.68. The molecular formula is C12H21N. The minimum atomic E-state index is 1.09. The van der Waals surface area contributed by atoms with E-state index in [-0.39, 0.29) is 0 Å². The van der Waals surface area contributed by atoms with Crippen molar-refractivity contribution in [3.05, 3.63) is 36.0 Å². The van der Waals surface area contributed by atoms with Gasteiger partial charge >= 0.3 is 0 Å². The highest BCUT2D eigenvalue weighted by Gasteiger charge is 1.90. The first-order chi connectivity index (χ1) is 6.35. The Morgan fingerprint density at radius 2 is 2.00 bits per heavy atom. The summed E-state index contributed by atoms with van der Waals surface area (Å²) in [6.45, 7) is 5.18. The van der Waals surface area contributed by atoms with Gasteiger partial charge in [0.05, 0.1) is 0 Å². The number of hydrogen-bond acceptors (Lipinski definition) is 1. The van der Waals surface area contributed by atoms with Gasteiger partial charge < -0.3 is 5.32 Å². The van der Waals surface area contributed by atoms with Crippen LogP contribution in [0.4, 0.5) is 0 Å². The Morgan fingerprint density at radius 3 is 2.54 bits per heavy atom. The van der Waals surface area contributed by atoms with Gasteiger partial charge in [0.15, 0.2) is 0 Å². The summed E-state index contributed by atoms with van der Waals surface area (Å²) < 4.78 is 0. The standard InChI is InChI=1S/C12H21N/c1-4-6-9-12(8-5-2)10-7-11-13-3/h4-6,8-9,13H,7,10-11H2,1-3H3/b6-4-,8-5-,12-9+. The highest BCUT2D eigenvalue weighted by molar-refractivity contribution is 5.23. The smallest absolute Gasteiger partial charge is 0.00488 e. The van der Waals surface area contributed by atoms with Crippen LogP contribution < -0.4 is 5.32 Å². The van der Waals surface area contributed by atoms with Crippen LogP contribution in [0, 0.1) is 0 Å². The van der Waals surface area contributed by atoms with Crippen LogP contribution in [-0.2, 0) is 0 Å². The molecule has 0 aromatic heterocycles. The van der Waals surface area contributed by atoms with E-state index in [1.165, 1.54) is 12.0 Å². The molecule has 0 aliphatic carbocycles. The molecule has 1 heteroatoms. The fourth-order valence-electron chi connectivity index (χ4n) is 1.13. The summed E-state index contributed by atoms with van der Waals surface area (Å²) in [5.74, 6) is 0. The molecule has 0 aromatic carbocycles. The summed E-state index contributed by atoms with van der Waals surface area (Å²) in [5.41, 5.74) is 1.40. The van der Waals surface area contributed by atoms with E-state index in [1.807, 2.05) is 14.0 Å². The van der Waals surface area contributed by atoms with Gasteiger partial charge in [0.25, 0.3) is 0 Å². The molecule has 74 valence electrons. The highest BCUT2D eigenvalue weighted by Crippen LogP contribution is 2.06. The molecule has 0 aliphatic rings. The quantitative estimate of drug-likeness (QED) is 0.488. The summed E-state index contributed by atoms with van der Waals surface area (Å²) in [6, 6.07) is 0. The lowest BCUT2D eigenvalue weighted by molar-refractivity contribution is 0.726. The fourth-order valence-corrected chi connectivity index (χ4v) is 1.13. The van der Waals surface area contributed by atoms with Crippen LogP contribution in [0.5, 0.6) is 0 Å². The van der Waals surface area contributed by atoms with Crippen molar-refractivity contribution in [1.29, 1.82) is 0 Å². The fraction of sp³-hybridized carbons (Fsp3) is 0.500. The third-order valence-corrected chi connectivity index (χ3v) is 1.78. The van der Waals surface area contributed by atoms with E-state index in [0.717, 1.165) is 13.0 Å². The molecule has 0 saturated heterocycles. The lowest BCUT2D eigenvalue weighted by Crippen LogP contribution is -2.07. The molecule has 0 heterocycles. The third-order valence-electron chi connectivity index (χ3n) is 1.78. The second-order valence-electron chi connectivity index (χ2n) is 2.97.